The molecule has 2 aromatic carbocycles. The highest BCUT2D eigenvalue weighted by Gasteiger charge is 2.49. The molecular formula is C33H34N2O8S. The zero-order valence-electron chi connectivity index (χ0n) is 25.0. The Morgan fingerprint density at radius 1 is 1.18 bits per heavy atom. The Bertz CT molecular complexity index is 1660. The van der Waals surface area contributed by atoms with Crippen LogP contribution in [0.1, 0.15) is 65.3 Å². The summed E-state index contributed by atoms with van der Waals surface area (Å²) < 4.78 is 22.7. The number of aromatic nitrogens is 1. The molecule has 0 aliphatic carbocycles. The lowest BCUT2D eigenvalue weighted by Crippen LogP contribution is -2.29. The van der Waals surface area contributed by atoms with E-state index in [-0.39, 0.29) is 34.1 Å². The summed E-state index contributed by atoms with van der Waals surface area (Å²) in [4.78, 5) is 46.1. The number of benzene rings is 2. The van der Waals surface area contributed by atoms with E-state index in [0.29, 0.717) is 53.7 Å². The van der Waals surface area contributed by atoms with Gasteiger partial charge in [0.25, 0.3) is 5.78 Å². The van der Waals surface area contributed by atoms with Gasteiger partial charge in [0.1, 0.15) is 29.1 Å². The summed E-state index contributed by atoms with van der Waals surface area (Å²) in [6.07, 6.45) is 2.87. The summed E-state index contributed by atoms with van der Waals surface area (Å²) in [7, 11) is 0. The number of amides is 1. The topological polar surface area (TPSA) is 124 Å². The third-order valence-corrected chi connectivity index (χ3v) is 8.30. The Morgan fingerprint density at radius 2 is 1.98 bits per heavy atom. The third-order valence-electron chi connectivity index (χ3n) is 7.17. The molecule has 1 aromatic heterocycles. The minimum atomic E-state index is -1.08. The number of Topliss-reactive ketones (excluding diaryl/α,β-unsaturated/α-hetero) is 1. The van der Waals surface area contributed by atoms with Crippen molar-refractivity contribution in [2.75, 3.05) is 24.7 Å². The summed E-state index contributed by atoms with van der Waals surface area (Å²) in [5.74, 6) is -1.07. The molecular weight excluding hydrogens is 584 g/mol. The van der Waals surface area contributed by atoms with E-state index in [1.165, 1.54) is 11.0 Å². The first-order valence-electron chi connectivity index (χ1n) is 14.4. The molecule has 2 aliphatic heterocycles. The number of carbonyl (C=O) groups is 3. The fourth-order valence-corrected chi connectivity index (χ4v) is 6.23. The van der Waals surface area contributed by atoms with Crippen LogP contribution >= 0.6 is 11.3 Å². The van der Waals surface area contributed by atoms with Gasteiger partial charge in [-0.2, -0.15) is 0 Å². The molecule has 2 atom stereocenters. The lowest BCUT2D eigenvalue weighted by Gasteiger charge is -2.24. The van der Waals surface area contributed by atoms with E-state index in [1.807, 2.05) is 20.8 Å². The van der Waals surface area contributed by atoms with E-state index < -0.39 is 23.7 Å². The van der Waals surface area contributed by atoms with Crippen LogP contribution in [0.3, 0.4) is 0 Å². The van der Waals surface area contributed by atoms with Crippen molar-refractivity contribution in [1.29, 1.82) is 0 Å². The maximum Gasteiger partial charge on any atom is 0.350 e. The second-order valence-corrected chi connectivity index (χ2v) is 11.4. The second-order valence-electron chi connectivity index (χ2n) is 10.4. The van der Waals surface area contributed by atoms with Crippen molar-refractivity contribution < 1.29 is 38.4 Å². The average Bonchev–Trinajstić information content (AvgIpc) is 3.66. The molecule has 1 saturated heterocycles. The van der Waals surface area contributed by atoms with Gasteiger partial charge >= 0.3 is 11.9 Å². The van der Waals surface area contributed by atoms with E-state index in [2.05, 4.69) is 11.6 Å². The van der Waals surface area contributed by atoms with Crippen molar-refractivity contribution in [2.45, 2.75) is 52.7 Å². The number of hydrogen-bond donors (Lipinski definition) is 1. The Morgan fingerprint density at radius 3 is 2.70 bits per heavy atom. The van der Waals surface area contributed by atoms with Crippen LogP contribution in [0.5, 0.6) is 17.2 Å². The normalized spacial score (nSPS) is 18.6. The van der Waals surface area contributed by atoms with Gasteiger partial charge in [0.2, 0.25) is 0 Å². The van der Waals surface area contributed by atoms with Gasteiger partial charge < -0.3 is 24.1 Å². The lowest BCUT2D eigenvalue weighted by molar-refractivity contribution is -0.132. The quantitative estimate of drug-likeness (QED) is 0.0915. The predicted molar refractivity (Wildman–Crippen MR) is 166 cm³/mol. The van der Waals surface area contributed by atoms with Crippen LogP contribution < -0.4 is 19.1 Å². The number of ketones is 1. The zero-order valence-corrected chi connectivity index (χ0v) is 25.9. The van der Waals surface area contributed by atoms with Crippen molar-refractivity contribution >= 4 is 39.9 Å². The predicted octanol–water partition coefficient (Wildman–Crippen LogP) is 5.93. The molecule has 1 N–H and O–H groups in total. The highest BCUT2D eigenvalue weighted by atomic mass is 32.1. The SMILES string of the molecule is C=CCOC(=O)c1sc(N2C(=O)C(=O)/C(=C(/O)c3ccc4c(c3)C[C@@H](C)O4)[C@@H]2c2ccc(OCCC)c(OCC)c2)nc1C. The third kappa shape index (κ3) is 5.79. The van der Waals surface area contributed by atoms with Crippen LogP contribution in [0.4, 0.5) is 5.13 Å². The van der Waals surface area contributed by atoms with E-state index >= 15 is 0 Å². The molecule has 1 amide bonds. The van der Waals surface area contributed by atoms with Crippen LogP contribution in [0.25, 0.3) is 5.76 Å². The zero-order chi connectivity index (χ0) is 31.5. The number of aliphatic hydroxyl groups is 1. The van der Waals surface area contributed by atoms with Gasteiger partial charge in [-0.25, -0.2) is 9.78 Å². The molecule has 5 rings (SSSR count). The molecule has 0 spiro atoms. The van der Waals surface area contributed by atoms with Gasteiger partial charge in [0, 0.05) is 12.0 Å². The molecule has 10 nitrogen and oxygen atoms in total. The lowest BCUT2D eigenvalue weighted by atomic mass is 9.94. The number of fused-ring (bicyclic) bond motifs is 1. The van der Waals surface area contributed by atoms with Crippen LogP contribution in [0.2, 0.25) is 0 Å². The Hall–Kier alpha value is -4.64. The van der Waals surface area contributed by atoms with E-state index in [0.717, 1.165) is 23.3 Å². The maximum absolute atomic E-state index is 13.7. The minimum absolute atomic E-state index is 0.00722. The fourth-order valence-electron chi connectivity index (χ4n) is 5.24. The maximum atomic E-state index is 13.7. The number of anilines is 1. The van der Waals surface area contributed by atoms with Gasteiger partial charge in [0.05, 0.1) is 30.5 Å². The summed E-state index contributed by atoms with van der Waals surface area (Å²) in [5, 5.41) is 11.8. The number of aliphatic hydroxyl groups excluding tert-OH is 1. The number of carbonyl (C=O) groups excluding carboxylic acids is 3. The summed E-state index contributed by atoms with van der Waals surface area (Å²) in [5.41, 5.74) is 1.98. The van der Waals surface area contributed by atoms with Crippen molar-refractivity contribution in [2.24, 2.45) is 0 Å². The van der Waals surface area contributed by atoms with E-state index in [1.54, 1.807) is 43.3 Å². The summed E-state index contributed by atoms with van der Waals surface area (Å²) in [6, 6.07) is 9.23. The molecule has 11 heteroatoms. The molecule has 1 fully saturated rings. The molecule has 230 valence electrons. The van der Waals surface area contributed by atoms with E-state index in [9.17, 15) is 19.5 Å². The van der Waals surface area contributed by atoms with Crippen molar-refractivity contribution in [3.05, 3.63) is 81.9 Å². The van der Waals surface area contributed by atoms with Crippen molar-refractivity contribution in [1.82, 2.24) is 4.98 Å². The van der Waals surface area contributed by atoms with Gasteiger partial charge in [-0.05, 0) is 68.7 Å². The Balaban J connectivity index is 1.67. The monoisotopic (exact) mass is 618 g/mol. The average molecular weight is 619 g/mol. The molecule has 0 unspecified atom stereocenters. The molecule has 0 saturated carbocycles. The fraction of sp³-hybridized carbons (Fsp3) is 0.333. The minimum Gasteiger partial charge on any atom is -0.507 e. The number of thiazole rings is 1. The smallest absolute Gasteiger partial charge is 0.350 e. The van der Waals surface area contributed by atoms with Gasteiger partial charge in [-0.3, -0.25) is 14.5 Å². The first-order valence-corrected chi connectivity index (χ1v) is 15.3. The van der Waals surface area contributed by atoms with E-state index in [4.69, 9.17) is 18.9 Å². The summed E-state index contributed by atoms with van der Waals surface area (Å²) in [6.45, 7) is 11.8. The second kappa shape index (κ2) is 12.9. The molecule has 2 aliphatic rings. The Kier molecular flexibility index (Phi) is 9.05. The van der Waals surface area contributed by atoms with Crippen LogP contribution in [-0.2, 0) is 20.7 Å². The first-order chi connectivity index (χ1) is 21.2. The molecule has 44 heavy (non-hydrogen) atoms. The van der Waals surface area contributed by atoms with Crippen molar-refractivity contribution in [3.8, 4) is 17.2 Å². The number of nitrogens with zero attached hydrogens (tertiary/aromatic N) is 2. The summed E-state index contributed by atoms with van der Waals surface area (Å²) >= 11 is 0.931. The van der Waals surface area contributed by atoms with Gasteiger partial charge in [-0.15, -0.1) is 0 Å². The van der Waals surface area contributed by atoms with Gasteiger partial charge in [0.15, 0.2) is 16.6 Å². The molecule has 3 heterocycles. The standard InChI is InChI=1S/C33H34N2O8S/c1-6-13-41-24-12-9-20(17-25(24)40-8-3)27-26(28(36)21-10-11-23-22(16-21)15-18(4)43-23)29(37)31(38)35(27)33-34-19(5)30(44-33)32(39)42-14-7-2/h7,9-12,16-18,27,36H,2,6,8,13-15H2,1,3-5H3/b28-26+/t18-,27+/m1/s1. The number of aryl methyl sites for hydroxylation is 1. The number of esters is 1. The highest BCUT2D eigenvalue weighted by molar-refractivity contribution is 7.17. The Labute approximate surface area is 259 Å². The number of hydrogen-bond acceptors (Lipinski definition) is 10. The highest BCUT2D eigenvalue weighted by Crippen LogP contribution is 2.46. The molecule has 0 bridgehead atoms. The number of rotatable bonds is 11. The van der Waals surface area contributed by atoms with Crippen LogP contribution in [-0.4, -0.2) is 53.7 Å². The largest absolute Gasteiger partial charge is 0.507 e. The molecule has 0 radical (unpaired) electrons. The first kappa shape index (κ1) is 30.8. The van der Waals surface area contributed by atoms with Crippen molar-refractivity contribution in [3.63, 3.8) is 0 Å². The van der Waals surface area contributed by atoms with Crippen LogP contribution in [0.15, 0.2) is 54.6 Å². The number of ether oxygens (including phenoxy) is 4. The van der Waals surface area contributed by atoms with Crippen LogP contribution in [0, 0.1) is 6.92 Å². The van der Waals surface area contributed by atoms with Gasteiger partial charge in [-0.1, -0.05) is 37.0 Å². The molecule has 3 aromatic rings.